The van der Waals surface area contributed by atoms with Gasteiger partial charge in [0.15, 0.2) is 0 Å². The highest BCUT2D eigenvalue weighted by Gasteiger charge is 2.61. The minimum Gasteiger partial charge on any atom is -0.479 e. The van der Waals surface area contributed by atoms with Gasteiger partial charge < -0.3 is 25.4 Å². The third kappa shape index (κ3) is 9.35. The van der Waals surface area contributed by atoms with Gasteiger partial charge in [-0.25, -0.2) is 20.4 Å². The number of carboxylic acids is 1. The summed E-state index contributed by atoms with van der Waals surface area (Å²) in [6, 6.07) is -1.74. The second kappa shape index (κ2) is 16.4. The summed E-state index contributed by atoms with van der Waals surface area (Å²) < 4.78 is 5.55. The number of fused-ring (bicyclic) bond motifs is 2. The van der Waals surface area contributed by atoms with Gasteiger partial charge in [-0.3, -0.25) is 9.59 Å². The van der Waals surface area contributed by atoms with Crippen LogP contribution in [-0.4, -0.2) is 86.9 Å². The van der Waals surface area contributed by atoms with Crippen LogP contribution in [0, 0.1) is 17.8 Å². The number of aliphatic carboxylic acids is 1. The maximum absolute atomic E-state index is 14.5. The number of allylic oxidation sites excluding steroid dienone is 2. The van der Waals surface area contributed by atoms with E-state index in [1.807, 2.05) is 17.3 Å². The van der Waals surface area contributed by atoms with Gasteiger partial charge in [0.05, 0.1) is 12.1 Å². The number of nitrogens with zero attached hydrogens (tertiary/aromatic N) is 2. The molecular formula is C39H62N6O6. The summed E-state index contributed by atoms with van der Waals surface area (Å²) in [6.45, 7) is 5.59. The summed E-state index contributed by atoms with van der Waals surface area (Å²) in [5.74, 6) is -1.03. The van der Waals surface area contributed by atoms with Gasteiger partial charge in [0.2, 0.25) is 11.8 Å². The van der Waals surface area contributed by atoms with Crippen molar-refractivity contribution < 1.29 is 29.0 Å². The molecule has 12 nitrogen and oxygen atoms in total. The molecule has 3 amide bonds. The normalized spacial score (nSPS) is 35.7. The van der Waals surface area contributed by atoms with Crippen LogP contribution in [0.25, 0.3) is 0 Å². The van der Waals surface area contributed by atoms with E-state index in [0.717, 1.165) is 19.3 Å². The number of hydrogen-bond acceptors (Lipinski definition) is 8. The summed E-state index contributed by atoms with van der Waals surface area (Å²) in [5.41, 5.74) is 5.43. The molecule has 0 radical (unpaired) electrons. The van der Waals surface area contributed by atoms with Gasteiger partial charge in [0, 0.05) is 18.5 Å². The molecule has 5 fully saturated rings. The maximum atomic E-state index is 14.5. The van der Waals surface area contributed by atoms with Crippen LogP contribution in [-0.2, 0) is 19.1 Å². The minimum absolute atomic E-state index is 0.0912. The maximum Gasteiger partial charge on any atom is 0.408 e. The number of carbonyl (C=O) groups is 4. The zero-order valence-electron chi connectivity index (χ0n) is 31.0. The molecule has 0 spiro atoms. The van der Waals surface area contributed by atoms with E-state index < -0.39 is 41.2 Å². The third-order valence-corrected chi connectivity index (χ3v) is 12.1. The van der Waals surface area contributed by atoms with Gasteiger partial charge in [0.25, 0.3) is 0 Å². The third-order valence-electron chi connectivity index (χ3n) is 12.1. The lowest BCUT2D eigenvalue weighted by Crippen LogP contribution is -2.56. The van der Waals surface area contributed by atoms with Gasteiger partial charge in [0.1, 0.15) is 23.2 Å². The van der Waals surface area contributed by atoms with Crippen molar-refractivity contribution in [3.8, 4) is 0 Å². The molecule has 3 aliphatic carbocycles. The standard InChI is InChI=1S/C39H62N6O6/c1-38(2,3)51-37(50)40-31-20-14-6-4-5-13-19-28-24-39(28,36(48)49)41-34(46)32-23-29(25-44(32)35(31)47)45-42-30(22-21-26-15-9-7-10-16-26)33(43-45)27-17-11-8-12-18-27/h13,19,21-22,26-33,42-43H,4-12,14-18,20,23-25H2,1-3H3,(H,40,50)(H,41,46)(H,48,49)/b19-13-,22-21+/t28-,29+,30?,31-,32+,33?,39+/m1/s1. The number of alkyl carbamates (subject to hydrolysis) is 1. The van der Waals surface area contributed by atoms with E-state index in [2.05, 4.69) is 33.6 Å². The van der Waals surface area contributed by atoms with Gasteiger partial charge in [-0.15, -0.1) is 0 Å². The Bertz CT molecular complexity index is 1320. The van der Waals surface area contributed by atoms with Crippen molar-refractivity contribution in [2.24, 2.45) is 17.8 Å². The highest BCUT2D eigenvalue weighted by Crippen LogP contribution is 2.45. The second-order valence-electron chi connectivity index (χ2n) is 17.1. The van der Waals surface area contributed by atoms with Crippen molar-refractivity contribution in [3.05, 3.63) is 24.3 Å². The average Bonchev–Trinajstić information content (AvgIpc) is 3.40. The molecule has 6 rings (SSSR count). The molecule has 6 aliphatic rings. The van der Waals surface area contributed by atoms with Gasteiger partial charge >= 0.3 is 12.1 Å². The number of rotatable bonds is 6. The molecule has 2 unspecified atom stereocenters. The number of amides is 3. The van der Waals surface area contributed by atoms with E-state index in [4.69, 9.17) is 4.74 Å². The Hall–Kier alpha value is -2.96. The van der Waals surface area contributed by atoms with Crippen molar-refractivity contribution in [2.45, 2.75) is 171 Å². The molecule has 3 saturated carbocycles. The smallest absolute Gasteiger partial charge is 0.408 e. The monoisotopic (exact) mass is 710 g/mol. The molecule has 3 aliphatic heterocycles. The molecule has 0 aromatic heterocycles. The predicted molar refractivity (Wildman–Crippen MR) is 194 cm³/mol. The summed E-state index contributed by atoms with van der Waals surface area (Å²) >= 11 is 0. The molecule has 5 N–H and O–H groups in total. The van der Waals surface area contributed by atoms with Gasteiger partial charge in [-0.2, -0.15) is 5.12 Å². The first-order valence-electron chi connectivity index (χ1n) is 20.0. The topological polar surface area (TPSA) is 152 Å². The fraction of sp³-hybridized carbons (Fsp3) is 0.795. The Labute approximate surface area is 303 Å². The Kier molecular flexibility index (Phi) is 12.1. The first-order valence-corrected chi connectivity index (χ1v) is 20.0. The first-order chi connectivity index (χ1) is 24.4. The van der Waals surface area contributed by atoms with Crippen LogP contribution in [0.2, 0.25) is 0 Å². The lowest BCUT2D eigenvalue weighted by Gasteiger charge is -2.31. The number of nitrogens with one attached hydrogen (secondary N) is 4. The van der Waals surface area contributed by atoms with E-state index >= 15 is 0 Å². The molecule has 0 aromatic rings. The van der Waals surface area contributed by atoms with E-state index in [9.17, 15) is 24.3 Å². The molecule has 7 atom stereocenters. The summed E-state index contributed by atoms with van der Waals surface area (Å²) in [7, 11) is 0. The Morgan fingerprint density at radius 3 is 2.33 bits per heavy atom. The average molecular weight is 711 g/mol. The number of hydrazine groups is 2. The predicted octanol–water partition coefficient (Wildman–Crippen LogP) is 5.11. The molecule has 12 heteroatoms. The zero-order valence-corrected chi connectivity index (χ0v) is 31.0. The highest BCUT2D eigenvalue weighted by atomic mass is 16.6. The van der Waals surface area contributed by atoms with Gasteiger partial charge in [-0.1, -0.05) is 75.7 Å². The largest absolute Gasteiger partial charge is 0.479 e. The Balaban J connectivity index is 1.25. The lowest BCUT2D eigenvalue weighted by atomic mass is 9.81. The SMILES string of the molecule is CC(C)(C)OC(=O)N[C@@H]1CCCCC/C=C\[C@@H]2C[C@]2(C(=O)O)NC(=O)[C@@H]2C[C@H](N3NC(/C=C/C4CCCCC4)C(C4CCCCC4)N3)CN2C1=O. The highest BCUT2D eigenvalue weighted by molar-refractivity contribution is 5.96. The lowest BCUT2D eigenvalue weighted by molar-refractivity contribution is -0.145. The van der Waals surface area contributed by atoms with Crippen molar-refractivity contribution in [3.63, 3.8) is 0 Å². The number of hydrogen-bond donors (Lipinski definition) is 5. The van der Waals surface area contributed by atoms with Crippen LogP contribution >= 0.6 is 0 Å². The number of ether oxygens (including phenoxy) is 1. The van der Waals surface area contributed by atoms with E-state index in [1.165, 1.54) is 64.2 Å². The summed E-state index contributed by atoms with van der Waals surface area (Å²) in [4.78, 5) is 55.8. The van der Waals surface area contributed by atoms with E-state index in [0.29, 0.717) is 37.5 Å². The van der Waals surface area contributed by atoms with Crippen molar-refractivity contribution >= 4 is 23.9 Å². The fourth-order valence-electron chi connectivity index (χ4n) is 9.10. The minimum atomic E-state index is -1.38. The molecule has 284 valence electrons. The first kappa shape index (κ1) is 37.8. The van der Waals surface area contributed by atoms with E-state index in [-0.39, 0.29) is 36.5 Å². The van der Waals surface area contributed by atoms with Crippen LogP contribution < -0.4 is 21.5 Å². The molecule has 2 saturated heterocycles. The molecule has 0 bridgehead atoms. The second-order valence-corrected chi connectivity index (χ2v) is 17.1. The Morgan fingerprint density at radius 1 is 0.941 bits per heavy atom. The van der Waals surface area contributed by atoms with Crippen LogP contribution in [0.4, 0.5) is 4.79 Å². The quantitative estimate of drug-likeness (QED) is 0.237. The van der Waals surface area contributed by atoms with Crippen molar-refractivity contribution in [2.75, 3.05) is 6.54 Å². The fourth-order valence-corrected chi connectivity index (χ4v) is 9.10. The molecule has 0 aromatic carbocycles. The van der Waals surface area contributed by atoms with E-state index in [1.54, 1.807) is 25.7 Å². The van der Waals surface area contributed by atoms with Crippen molar-refractivity contribution in [1.29, 1.82) is 0 Å². The summed E-state index contributed by atoms with van der Waals surface area (Å²) in [5, 5.41) is 18.0. The van der Waals surface area contributed by atoms with Crippen LogP contribution in [0.15, 0.2) is 24.3 Å². The molecular weight excluding hydrogens is 648 g/mol. The van der Waals surface area contributed by atoms with Crippen LogP contribution in [0.3, 0.4) is 0 Å². The summed E-state index contributed by atoms with van der Waals surface area (Å²) in [6.07, 6.45) is 24.7. The number of carbonyl (C=O) groups excluding carboxylic acids is 3. The molecule has 3 heterocycles. The van der Waals surface area contributed by atoms with Crippen LogP contribution in [0.5, 0.6) is 0 Å². The van der Waals surface area contributed by atoms with Gasteiger partial charge in [-0.05, 0) is 90.4 Å². The Morgan fingerprint density at radius 2 is 1.63 bits per heavy atom. The molecule has 51 heavy (non-hydrogen) atoms. The van der Waals surface area contributed by atoms with Crippen molar-refractivity contribution in [1.82, 2.24) is 31.5 Å². The zero-order chi connectivity index (χ0) is 36.2. The van der Waals surface area contributed by atoms with Crippen LogP contribution in [0.1, 0.15) is 130 Å². The number of carboxylic acid groups (broad SMARTS) is 1.